The smallest absolute Gasteiger partial charge is 0.144 e. The summed E-state index contributed by atoms with van der Waals surface area (Å²) in [4.78, 5) is 7.93. The van der Waals surface area contributed by atoms with E-state index in [4.69, 9.17) is 0 Å². The summed E-state index contributed by atoms with van der Waals surface area (Å²) >= 11 is 3.33. The number of hydrogen-bond acceptors (Lipinski definition) is 3. The molecule has 82 valence electrons. The second kappa shape index (κ2) is 5.03. The third-order valence-electron chi connectivity index (χ3n) is 2.04. The highest BCUT2D eigenvalue weighted by Crippen LogP contribution is 2.17. The van der Waals surface area contributed by atoms with Crippen molar-refractivity contribution >= 4 is 21.7 Å². The van der Waals surface area contributed by atoms with Crippen molar-refractivity contribution in [2.45, 2.75) is 6.54 Å². The molecule has 1 heterocycles. The van der Waals surface area contributed by atoms with Gasteiger partial charge in [-0.25, -0.2) is 14.4 Å². The van der Waals surface area contributed by atoms with E-state index in [2.05, 4.69) is 31.2 Å². The van der Waals surface area contributed by atoms with Gasteiger partial charge in [0.15, 0.2) is 0 Å². The summed E-state index contributed by atoms with van der Waals surface area (Å²) in [7, 11) is 0. The Morgan fingerprint density at radius 1 is 1.25 bits per heavy atom. The molecule has 2 rings (SSSR count). The molecular formula is C11H9BrFN3. The Hall–Kier alpha value is -1.49. The van der Waals surface area contributed by atoms with Crippen LogP contribution >= 0.6 is 15.9 Å². The number of hydrogen-bond donors (Lipinski definition) is 1. The first-order valence-corrected chi connectivity index (χ1v) is 5.49. The molecule has 0 aliphatic rings. The van der Waals surface area contributed by atoms with Gasteiger partial charge in [0.25, 0.3) is 0 Å². The number of anilines is 1. The van der Waals surface area contributed by atoms with Crippen molar-refractivity contribution in [2.24, 2.45) is 0 Å². The largest absolute Gasteiger partial charge is 0.365 e. The molecule has 3 nitrogen and oxygen atoms in total. The first kappa shape index (κ1) is 11.0. The Balaban J connectivity index is 2.02. The summed E-state index contributed by atoms with van der Waals surface area (Å²) < 4.78 is 13.5. The third kappa shape index (κ3) is 2.76. The molecule has 0 aliphatic carbocycles. The summed E-state index contributed by atoms with van der Waals surface area (Å²) in [5.41, 5.74) is 0.993. The maximum atomic E-state index is 12.7. The average Bonchev–Trinajstić information content (AvgIpc) is 2.30. The van der Waals surface area contributed by atoms with Crippen molar-refractivity contribution in [3.63, 3.8) is 0 Å². The molecule has 0 unspecified atom stereocenters. The molecule has 5 heteroatoms. The minimum absolute atomic E-state index is 0.230. The molecule has 1 aromatic heterocycles. The minimum Gasteiger partial charge on any atom is -0.365 e. The fourth-order valence-corrected chi connectivity index (χ4v) is 1.59. The summed E-state index contributed by atoms with van der Waals surface area (Å²) in [6, 6.07) is 6.34. The SMILES string of the molecule is Fc1ccc(CNc2ncncc2Br)cc1. The standard InChI is InChI=1S/C11H9BrFN3/c12-10-6-14-7-16-11(10)15-5-8-1-3-9(13)4-2-8/h1-4,6-7H,5H2,(H,14,15,16). The van der Waals surface area contributed by atoms with E-state index in [9.17, 15) is 4.39 Å². The molecule has 1 aromatic carbocycles. The monoisotopic (exact) mass is 281 g/mol. The van der Waals surface area contributed by atoms with Gasteiger partial charge in [-0.1, -0.05) is 12.1 Å². The van der Waals surface area contributed by atoms with Crippen molar-refractivity contribution < 1.29 is 4.39 Å². The molecule has 0 amide bonds. The average molecular weight is 282 g/mol. The van der Waals surface area contributed by atoms with E-state index in [-0.39, 0.29) is 5.82 Å². The first-order chi connectivity index (χ1) is 7.75. The Kier molecular flexibility index (Phi) is 3.46. The number of rotatable bonds is 3. The van der Waals surface area contributed by atoms with Gasteiger partial charge in [-0.3, -0.25) is 0 Å². The van der Waals surface area contributed by atoms with Crippen molar-refractivity contribution in [3.8, 4) is 0 Å². The van der Waals surface area contributed by atoms with Gasteiger partial charge in [-0.05, 0) is 33.6 Å². The number of benzene rings is 1. The van der Waals surface area contributed by atoms with Gasteiger partial charge < -0.3 is 5.32 Å². The van der Waals surface area contributed by atoms with Gasteiger partial charge in [-0.2, -0.15) is 0 Å². The van der Waals surface area contributed by atoms with Gasteiger partial charge in [0, 0.05) is 12.7 Å². The van der Waals surface area contributed by atoms with Crippen LogP contribution in [0.25, 0.3) is 0 Å². The number of aromatic nitrogens is 2. The zero-order chi connectivity index (χ0) is 11.4. The van der Waals surface area contributed by atoms with E-state index in [0.29, 0.717) is 6.54 Å². The van der Waals surface area contributed by atoms with Crippen LogP contribution in [0, 0.1) is 5.82 Å². The van der Waals surface area contributed by atoms with Gasteiger partial charge in [0.1, 0.15) is 18.0 Å². The molecular weight excluding hydrogens is 273 g/mol. The molecule has 0 spiro atoms. The number of nitrogens with zero attached hydrogens (tertiary/aromatic N) is 2. The molecule has 2 aromatic rings. The van der Waals surface area contributed by atoms with E-state index in [1.807, 2.05) is 0 Å². The number of nitrogens with one attached hydrogen (secondary N) is 1. The van der Waals surface area contributed by atoms with Crippen LogP contribution in [0.3, 0.4) is 0 Å². The van der Waals surface area contributed by atoms with E-state index < -0.39 is 0 Å². The van der Waals surface area contributed by atoms with E-state index in [1.54, 1.807) is 18.3 Å². The van der Waals surface area contributed by atoms with E-state index in [0.717, 1.165) is 15.9 Å². The van der Waals surface area contributed by atoms with Crippen LogP contribution in [0.15, 0.2) is 41.3 Å². The lowest BCUT2D eigenvalue weighted by Crippen LogP contribution is -2.02. The van der Waals surface area contributed by atoms with Crippen molar-refractivity contribution in [3.05, 3.63) is 52.6 Å². The van der Waals surface area contributed by atoms with E-state index >= 15 is 0 Å². The lowest BCUT2D eigenvalue weighted by Gasteiger charge is -2.06. The zero-order valence-corrected chi connectivity index (χ0v) is 9.91. The van der Waals surface area contributed by atoms with Crippen LogP contribution in [0.2, 0.25) is 0 Å². The van der Waals surface area contributed by atoms with Crippen molar-refractivity contribution in [2.75, 3.05) is 5.32 Å². The maximum Gasteiger partial charge on any atom is 0.144 e. The Labute approximate surface area is 101 Å². The lowest BCUT2D eigenvalue weighted by atomic mass is 10.2. The van der Waals surface area contributed by atoms with Gasteiger partial charge in [0.2, 0.25) is 0 Å². The topological polar surface area (TPSA) is 37.8 Å². The predicted molar refractivity (Wildman–Crippen MR) is 63.5 cm³/mol. The molecule has 1 N–H and O–H groups in total. The minimum atomic E-state index is -0.230. The highest BCUT2D eigenvalue weighted by atomic mass is 79.9. The molecule has 0 fully saturated rings. The quantitative estimate of drug-likeness (QED) is 0.940. The Bertz CT molecular complexity index is 473. The molecule has 0 radical (unpaired) electrons. The Morgan fingerprint density at radius 2 is 2.00 bits per heavy atom. The summed E-state index contributed by atoms with van der Waals surface area (Å²) in [6.07, 6.45) is 3.14. The van der Waals surface area contributed by atoms with Gasteiger partial charge in [0.05, 0.1) is 4.47 Å². The van der Waals surface area contributed by atoms with E-state index in [1.165, 1.54) is 18.5 Å². The maximum absolute atomic E-state index is 12.7. The fourth-order valence-electron chi connectivity index (χ4n) is 1.23. The molecule has 0 aliphatic heterocycles. The third-order valence-corrected chi connectivity index (χ3v) is 2.62. The summed E-state index contributed by atoms with van der Waals surface area (Å²) in [5.74, 6) is 0.492. The predicted octanol–water partition coefficient (Wildman–Crippen LogP) is 2.99. The van der Waals surface area contributed by atoms with Crippen LogP contribution in [-0.4, -0.2) is 9.97 Å². The van der Waals surface area contributed by atoms with Crippen LogP contribution in [0.5, 0.6) is 0 Å². The summed E-state index contributed by atoms with van der Waals surface area (Å²) in [6.45, 7) is 0.593. The van der Waals surface area contributed by atoms with Crippen LogP contribution in [0.4, 0.5) is 10.2 Å². The molecule has 0 bridgehead atoms. The number of halogens is 2. The molecule has 0 atom stereocenters. The first-order valence-electron chi connectivity index (χ1n) is 4.69. The second-order valence-corrected chi connectivity index (χ2v) is 4.05. The second-order valence-electron chi connectivity index (χ2n) is 3.20. The zero-order valence-electron chi connectivity index (χ0n) is 8.32. The van der Waals surface area contributed by atoms with Crippen LogP contribution in [0.1, 0.15) is 5.56 Å². The lowest BCUT2D eigenvalue weighted by molar-refractivity contribution is 0.627. The van der Waals surface area contributed by atoms with Crippen molar-refractivity contribution in [1.29, 1.82) is 0 Å². The van der Waals surface area contributed by atoms with Crippen LogP contribution < -0.4 is 5.32 Å². The van der Waals surface area contributed by atoms with Crippen molar-refractivity contribution in [1.82, 2.24) is 9.97 Å². The van der Waals surface area contributed by atoms with Gasteiger partial charge in [-0.15, -0.1) is 0 Å². The van der Waals surface area contributed by atoms with Gasteiger partial charge >= 0.3 is 0 Å². The summed E-state index contributed by atoms with van der Waals surface area (Å²) in [5, 5.41) is 3.13. The Morgan fingerprint density at radius 3 is 2.69 bits per heavy atom. The van der Waals surface area contributed by atoms with Crippen LogP contribution in [-0.2, 0) is 6.54 Å². The highest BCUT2D eigenvalue weighted by Gasteiger charge is 2.00. The highest BCUT2D eigenvalue weighted by molar-refractivity contribution is 9.10. The molecule has 0 saturated heterocycles. The molecule has 16 heavy (non-hydrogen) atoms. The molecule has 0 saturated carbocycles. The fraction of sp³-hybridized carbons (Fsp3) is 0.0909. The normalized spacial score (nSPS) is 10.1.